The molecule has 0 spiro atoms. The Hall–Kier alpha value is -0.570. The maximum Gasteiger partial charge on any atom is 0.216 e. The Morgan fingerprint density at radius 2 is 1.92 bits per heavy atom. The number of hydrogen-bond donors (Lipinski definition) is 1. The molecule has 0 fully saturated rings. The van der Waals surface area contributed by atoms with Gasteiger partial charge in [-0.25, -0.2) is 0 Å². The molecule has 0 aromatic heterocycles. The third-order valence-corrected chi connectivity index (χ3v) is 1.79. The molecule has 1 N–H and O–H groups in total. The fourth-order valence-electron chi connectivity index (χ4n) is 1.09. The third kappa shape index (κ3) is 11.4. The maximum absolute atomic E-state index is 10.5. The summed E-state index contributed by atoms with van der Waals surface area (Å²) in [5.74, 6) is 0.0642. The summed E-state index contributed by atoms with van der Waals surface area (Å²) in [4.78, 5) is 10.5. The second-order valence-corrected chi connectivity index (χ2v) is 3.09. The molecule has 13 heavy (non-hydrogen) atoms. The zero-order valence-electron chi connectivity index (χ0n) is 8.77. The molecular formula is C10H21NO2. The van der Waals surface area contributed by atoms with E-state index in [0.717, 1.165) is 32.6 Å². The minimum atomic E-state index is 0.0642. The minimum Gasteiger partial charge on any atom is -0.382 e. The summed E-state index contributed by atoms with van der Waals surface area (Å²) in [6.45, 7) is 6.05. The van der Waals surface area contributed by atoms with E-state index in [2.05, 4.69) is 5.32 Å². The lowest BCUT2D eigenvalue weighted by atomic mass is 10.2. The van der Waals surface area contributed by atoms with Gasteiger partial charge in [0.1, 0.15) is 0 Å². The minimum absolute atomic E-state index is 0.0642. The molecule has 78 valence electrons. The topological polar surface area (TPSA) is 38.3 Å². The first-order valence-electron chi connectivity index (χ1n) is 5.09. The Bertz CT molecular complexity index is 126. The molecule has 1 amide bonds. The predicted octanol–water partition coefficient (Wildman–Crippen LogP) is 1.72. The van der Waals surface area contributed by atoms with Crippen molar-refractivity contribution in [3.63, 3.8) is 0 Å². The Morgan fingerprint density at radius 1 is 1.23 bits per heavy atom. The van der Waals surface area contributed by atoms with Crippen LogP contribution >= 0.6 is 0 Å². The van der Waals surface area contributed by atoms with Gasteiger partial charge in [-0.1, -0.05) is 12.8 Å². The maximum atomic E-state index is 10.5. The molecule has 3 heteroatoms. The van der Waals surface area contributed by atoms with Gasteiger partial charge in [0, 0.05) is 26.7 Å². The first-order valence-corrected chi connectivity index (χ1v) is 5.09. The highest BCUT2D eigenvalue weighted by atomic mass is 16.5. The normalized spacial score (nSPS) is 10.0. The van der Waals surface area contributed by atoms with Gasteiger partial charge in [-0.3, -0.25) is 4.79 Å². The van der Waals surface area contributed by atoms with E-state index in [1.54, 1.807) is 6.92 Å². The Kier molecular flexibility index (Phi) is 9.10. The molecule has 0 rings (SSSR count). The van der Waals surface area contributed by atoms with Crippen molar-refractivity contribution in [2.24, 2.45) is 0 Å². The lowest BCUT2D eigenvalue weighted by Crippen LogP contribution is -2.20. The number of amides is 1. The molecule has 3 nitrogen and oxygen atoms in total. The Morgan fingerprint density at radius 3 is 2.54 bits per heavy atom. The summed E-state index contributed by atoms with van der Waals surface area (Å²) in [6.07, 6.45) is 4.58. The molecular weight excluding hydrogens is 166 g/mol. The number of nitrogens with one attached hydrogen (secondary N) is 1. The number of rotatable bonds is 8. The highest BCUT2D eigenvalue weighted by molar-refractivity contribution is 5.72. The molecule has 0 aliphatic rings. The largest absolute Gasteiger partial charge is 0.382 e. The van der Waals surface area contributed by atoms with E-state index in [0.29, 0.717) is 0 Å². The van der Waals surface area contributed by atoms with Crippen LogP contribution in [0.15, 0.2) is 0 Å². The molecule has 0 unspecified atom stereocenters. The van der Waals surface area contributed by atoms with E-state index in [4.69, 9.17) is 4.74 Å². The van der Waals surface area contributed by atoms with Crippen LogP contribution in [-0.4, -0.2) is 25.7 Å². The van der Waals surface area contributed by atoms with Gasteiger partial charge in [-0.2, -0.15) is 0 Å². The second kappa shape index (κ2) is 9.52. The van der Waals surface area contributed by atoms with Crippen LogP contribution in [0, 0.1) is 0 Å². The van der Waals surface area contributed by atoms with Crippen LogP contribution in [0.5, 0.6) is 0 Å². The van der Waals surface area contributed by atoms with Crippen molar-refractivity contribution in [2.75, 3.05) is 19.8 Å². The predicted molar refractivity (Wildman–Crippen MR) is 53.6 cm³/mol. The fraction of sp³-hybridized carbons (Fsp3) is 0.900. The van der Waals surface area contributed by atoms with Gasteiger partial charge >= 0.3 is 0 Å². The highest BCUT2D eigenvalue weighted by Gasteiger charge is 1.91. The zero-order valence-corrected chi connectivity index (χ0v) is 8.77. The number of carbonyl (C=O) groups excluding carboxylic acids is 1. The van der Waals surface area contributed by atoms with E-state index >= 15 is 0 Å². The number of carbonyl (C=O) groups is 1. The van der Waals surface area contributed by atoms with Crippen molar-refractivity contribution >= 4 is 5.91 Å². The van der Waals surface area contributed by atoms with E-state index in [9.17, 15) is 4.79 Å². The van der Waals surface area contributed by atoms with Gasteiger partial charge in [-0.05, 0) is 19.8 Å². The van der Waals surface area contributed by atoms with Gasteiger partial charge in [0.2, 0.25) is 5.91 Å². The quantitative estimate of drug-likeness (QED) is 0.588. The van der Waals surface area contributed by atoms with Crippen LogP contribution in [0.3, 0.4) is 0 Å². The second-order valence-electron chi connectivity index (χ2n) is 3.09. The first-order chi connectivity index (χ1) is 6.27. The Labute approximate surface area is 80.8 Å². The van der Waals surface area contributed by atoms with Gasteiger partial charge in [0.05, 0.1) is 0 Å². The first kappa shape index (κ1) is 12.4. The molecule has 0 atom stereocenters. The lowest BCUT2D eigenvalue weighted by molar-refractivity contribution is -0.118. The number of ether oxygens (including phenoxy) is 1. The van der Waals surface area contributed by atoms with Crippen molar-refractivity contribution in [3.05, 3.63) is 0 Å². The van der Waals surface area contributed by atoms with Crippen LogP contribution in [0.25, 0.3) is 0 Å². The molecule has 0 aliphatic carbocycles. The molecule has 0 aromatic rings. The summed E-state index contributed by atoms with van der Waals surface area (Å²) in [7, 11) is 0. The van der Waals surface area contributed by atoms with Gasteiger partial charge in [0.25, 0.3) is 0 Å². The average molecular weight is 187 g/mol. The molecule has 0 saturated heterocycles. The monoisotopic (exact) mass is 187 g/mol. The van der Waals surface area contributed by atoms with Gasteiger partial charge < -0.3 is 10.1 Å². The SMILES string of the molecule is CCOCCCCCCNC(C)=O. The fourth-order valence-corrected chi connectivity index (χ4v) is 1.09. The van der Waals surface area contributed by atoms with Crippen molar-refractivity contribution in [2.45, 2.75) is 39.5 Å². The number of hydrogen-bond acceptors (Lipinski definition) is 2. The van der Waals surface area contributed by atoms with Crippen LogP contribution < -0.4 is 5.32 Å². The van der Waals surface area contributed by atoms with Gasteiger partial charge in [-0.15, -0.1) is 0 Å². The molecule has 0 aromatic carbocycles. The molecule has 0 heterocycles. The van der Waals surface area contributed by atoms with E-state index in [1.165, 1.54) is 12.8 Å². The number of unbranched alkanes of at least 4 members (excludes halogenated alkanes) is 3. The van der Waals surface area contributed by atoms with Crippen molar-refractivity contribution in [1.29, 1.82) is 0 Å². The standard InChI is InChI=1S/C10H21NO2/c1-3-13-9-7-5-4-6-8-11-10(2)12/h3-9H2,1-2H3,(H,11,12). The smallest absolute Gasteiger partial charge is 0.216 e. The summed E-state index contributed by atoms with van der Waals surface area (Å²) >= 11 is 0. The van der Waals surface area contributed by atoms with Gasteiger partial charge in [0.15, 0.2) is 0 Å². The Balaban J connectivity index is 2.87. The van der Waals surface area contributed by atoms with Crippen LogP contribution in [0.1, 0.15) is 39.5 Å². The molecule has 0 saturated carbocycles. The van der Waals surface area contributed by atoms with Crippen molar-refractivity contribution in [3.8, 4) is 0 Å². The molecule has 0 bridgehead atoms. The zero-order chi connectivity index (χ0) is 9.94. The summed E-state index contributed by atoms with van der Waals surface area (Å²) in [5.41, 5.74) is 0. The van der Waals surface area contributed by atoms with Crippen molar-refractivity contribution in [1.82, 2.24) is 5.32 Å². The molecule has 0 radical (unpaired) electrons. The summed E-state index contributed by atoms with van der Waals surface area (Å²) in [5, 5.41) is 2.78. The van der Waals surface area contributed by atoms with Crippen LogP contribution in [0.4, 0.5) is 0 Å². The van der Waals surface area contributed by atoms with Crippen LogP contribution in [-0.2, 0) is 9.53 Å². The average Bonchev–Trinajstić information content (AvgIpc) is 2.09. The van der Waals surface area contributed by atoms with E-state index < -0.39 is 0 Å². The third-order valence-electron chi connectivity index (χ3n) is 1.79. The highest BCUT2D eigenvalue weighted by Crippen LogP contribution is 1.98. The van der Waals surface area contributed by atoms with E-state index in [-0.39, 0.29) is 5.91 Å². The summed E-state index contributed by atoms with van der Waals surface area (Å²) < 4.78 is 5.21. The lowest BCUT2D eigenvalue weighted by Gasteiger charge is -2.02. The van der Waals surface area contributed by atoms with Crippen LogP contribution in [0.2, 0.25) is 0 Å². The molecule has 0 aliphatic heterocycles. The van der Waals surface area contributed by atoms with E-state index in [1.807, 2.05) is 6.92 Å². The summed E-state index contributed by atoms with van der Waals surface area (Å²) in [6, 6.07) is 0. The van der Waals surface area contributed by atoms with Crippen molar-refractivity contribution < 1.29 is 9.53 Å².